The first-order valence-electron chi connectivity index (χ1n) is 8.93. The lowest BCUT2D eigenvalue weighted by Gasteiger charge is -2.16. The van der Waals surface area contributed by atoms with Gasteiger partial charge in [-0.3, -0.25) is 4.79 Å². The zero-order valence-electron chi connectivity index (χ0n) is 15.5. The smallest absolute Gasteiger partial charge is 0.306 e. The van der Waals surface area contributed by atoms with Crippen LogP contribution in [-0.4, -0.2) is 18.8 Å². The van der Waals surface area contributed by atoms with Crippen molar-refractivity contribution in [3.8, 4) is 17.2 Å². The Morgan fingerprint density at radius 3 is 2.59 bits per heavy atom. The molecule has 0 atom stereocenters. The van der Waals surface area contributed by atoms with Crippen LogP contribution in [0.2, 0.25) is 0 Å². The third-order valence-electron chi connectivity index (χ3n) is 4.55. The third kappa shape index (κ3) is 3.99. The number of carbonyl (C=O) groups is 1. The average molecular weight is 375 g/mol. The van der Waals surface area contributed by atoms with Crippen LogP contribution in [0.15, 0.2) is 59.5 Å². The minimum absolute atomic E-state index is 0.236. The lowest BCUT2D eigenvalue weighted by Crippen LogP contribution is -2.07. The first-order valence-corrected chi connectivity index (χ1v) is 10.2. The number of hydrogen-bond acceptors (Lipinski definition) is 4. The number of thioether (sulfide) groups is 1. The summed E-state index contributed by atoms with van der Waals surface area (Å²) in [6.07, 6.45) is 2.78. The van der Waals surface area contributed by atoms with Gasteiger partial charge >= 0.3 is 5.97 Å². The van der Waals surface area contributed by atoms with Gasteiger partial charge in [-0.25, -0.2) is 0 Å². The molecule has 27 heavy (non-hydrogen) atoms. The van der Waals surface area contributed by atoms with Crippen LogP contribution in [0, 0.1) is 11.3 Å². The van der Waals surface area contributed by atoms with E-state index >= 15 is 0 Å². The lowest BCUT2D eigenvalue weighted by molar-refractivity contribution is -0.143. The number of benzene rings is 3. The fraction of sp³-hybridized carbons (Fsp3) is 0.217. The maximum atomic E-state index is 11.9. The van der Waals surface area contributed by atoms with Gasteiger partial charge in [0, 0.05) is 16.9 Å². The van der Waals surface area contributed by atoms with Crippen molar-refractivity contribution in [1.82, 2.24) is 0 Å². The van der Waals surface area contributed by atoms with E-state index in [1.54, 1.807) is 18.7 Å². The van der Waals surface area contributed by atoms with Gasteiger partial charge in [-0.05, 0) is 53.6 Å². The second-order valence-electron chi connectivity index (χ2n) is 6.12. The van der Waals surface area contributed by atoms with E-state index in [9.17, 15) is 10.1 Å². The summed E-state index contributed by atoms with van der Waals surface area (Å²) < 4.78 is 5.08. The Bertz CT molecular complexity index is 1020. The van der Waals surface area contributed by atoms with Crippen LogP contribution in [0.1, 0.15) is 24.5 Å². The van der Waals surface area contributed by atoms with E-state index in [0.717, 1.165) is 32.4 Å². The Balaban J connectivity index is 2.20. The van der Waals surface area contributed by atoms with Crippen molar-refractivity contribution >= 4 is 28.5 Å². The molecule has 0 aromatic heterocycles. The molecule has 136 valence electrons. The molecule has 0 aliphatic rings. The number of esters is 1. The van der Waals surface area contributed by atoms with Gasteiger partial charge in [0.2, 0.25) is 0 Å². The molecule has 0 heterocycles. The summed E-state index contributed by atoms with van der Waals surface area (Å²) in [6.45, 7) is 2.17. The number of carbonyl (C=O) groups excluding carboxylic acids is 1. The third-order valence-corrected chi connectivity index (χ3v) is 5.35. The standard InChI is InChI=1S/C23H21NO2S/c1-3-26-23(25)13-12-18-17-9-5-4-8-16(17)14-20(21(18)15-24)19-10-6-7-11-22(19)27-2/h4-11,14H,3,12-13H2,1-2H3. The Labute approximate surface area is 164 Å². The van der Waals surface area contributed by atoms with Crippen molar-refractivity contribution in [2.75, 3.05) is 12.9 Å². The second kappa shape index (κ2) is 8.75. The Morgan fingerprint density at radius 1 is 1.11 bits per heavy atom. The molecule has 3 aromatic carbocycles. The van der Waals surface area contributed by atoms with Gasteiger partial charge in [0.1, 0.15) is 6.07 Å². The van der Waals surface area contributed by atoms with Crippen LogP contribution in [0.4, 0.5) is 0 Å². The quantitative estimate of drug-likeness (QED) is 0.416. The molecule has 0 aliphatic carbocycles. The van der Waals surface area contributed by atoms with E-state index in [4.69, 9.17) is 4.74 Å². The van der Waals surface area contributed by atoms with Crippen LogP contribution >= 0.6 is 11.8 Å². The summed E-state index contributed by atoms with van der Waals surface area (Å²) in [7, 11) is 0. The van der Waals surface area contributed by atoms with E-state index in [1.807, 2.05) is 42.7 Å². The molecule has 3 aromatic rings. The maximum Gasteiger partial charge on any atom is 0.306 e. The molecule has 0 N–H and O–H groups in total. The highest BCUT2D eigenvalue weighted by molar-refractivity contribution is 7.98. The summed E-state index contributed by atoms with van der Waals surface area (Å²) in [5.74, 6) is -0.236. The Morgan fingerprint density at radius 2 is 1.85 bits per heavy atom. The minimum atomic E-state index is -0.236. The van der Waals surface area contributed by atoms with Crippen molar-refractivity contribution in [2.24, 2.45) is 0 Å². The van der Waals surface area contributed by atoms with Crippen molar-refractivity contribution in [3.63, 3.8) is 0 Å². The molecule has 0 saturated carbocycles. The molecular formula is C23H21NO2S. The predicted octanol–water partition coefficient (Wildman–Crippen LogP) is 5.60. The van der Waals surface area contributed by atoms with E-state index in [-0.39, 0.29) is 12.4 Å². The zero-order chi connectivity index (χ0) is 19.2. The van der Waals surface area contributed by atoms with Crippen molar-refractivity contribution < 1.29 is 9.53 Å². The maximum absolute atomic E-state index is 11.9. The molecule has 0 radical (unpaired) electrons. The number of nitriles is 1. The number of nitrogens with zero attached hydrogens (tertiary/aromatic N) is 1. The molecule has 0 fully saturated rings. The highest BCUT2D eigenvalue weighted by Crippen LogP contribution is 2.37. The average Bonchev–Trinajstić information content (AvgIpc) is 2.71. The molecule has 4 heteroatoms. The van der Waals surface area contributed by atoms with Crippen molar-refractivity contribution in [3.05, 3.63) is 65.7 Å². The van der Waals surface area contributed by atoms with Gasteiger partial charge in [0.15, 0.2) is 0 Å². The first kappa shape index (κ1) is 19.0. The number of rotatable bonds is 6. The summed E-state index contributed by atoms with van der Waals surface area (Å²) >= 11 is 1.66. The molecule has 0 unspecified atom stereocenters. The normalized spacial score (nSPS) is 10.6. The fourth-order valence-corrected chi connectivity index (χ4v) is 3.96. The minimum Gasteiger partial charge on any atom is -0.466 e. The van der Waals surface area contributed by atoms with Gasteiger partial charge in [0.25, 0.3) is 0 Å². The fourth-order valence-electron chi connectivity index (χ4n) is 3.35. The molecule has 3 rings (SSSR count). The van der Waals surface area contributed by atoms with Gasteiger partial charge < -0.3 is 4.74 Å². The molecule has 0 aliphatic heterocycles. The molecule has 0 saturated heterocycles. The van der Waals surface area contributed by atoms with Crippen LogP contribution < -0.4 is 0 Å². The molecule has 3 nitrogen and oxygen atoms in total. The highest BCUT2D eigenvalue weighted by atomic mass is 32.2. The molecular weight excluding hydrogens is 354 g/mol. The summed E-state index contributed by atoms with van der Waals surface area (Å²) in [5, 5.41) is 12.1. The first-order chi connectivity index (χ1) is 13.2. The summed E-state index contributed by atoms with van der Waals surface area (Å²) in [5.41, 5.74) is 3.51. The number of ether oxygens (including phenoxy) is 1. The largest absolute Gasteiger partial charge is 0.466 e. The van der Waals surface area contributed by atoms with Crippen LogP contribution in [0.5, 0.6) is 0 Å². The van der Waals surface area contributed by atoms with Crippen molar-refractivity contribution in [1.29, 1.82) is 5.26 Å². The van der Waals surface area contributed by atoms with Gasteiger partial charge in [-0.2, -0.15) is 5.26 Å². The number of fused-ring (bicyclic) bond motifs is 1. The topological polar surface area (TPSA) is 50.1 Å². The van der Waals surface area contributed by atoms with E-state index < -0.39 is 0 Å². The van der Waals surface area contributed by atoms with Gasteiger partial charge in [0.05, 0.1) is 12.2 Å². The van der Waals surface area contributed by atoms with E-state index in [0.29, 0.717) is 18.6 Å². The molecule has 0 amide bonds. The summed E-state index contributed by atoms with van der Waals surface area (Å²) in [4.78, 5) is 13.0. The van der Waals surface area contributed by atoms with Crippen LogP contribution in [-0.2, 0) is 16.0 Å². The predicted molar refractivity (Wildman–Crippen MR) is 111 cm³/mol. The monoisotopic (exact) mass is 375 g/mol. The highest BCUT2D eigenvalue weighted by Gasteiger charge is 2.17. The van der Waals surface area contributed by atoms with E-state index in [2.05, 4.69) is 24.3 Å². The van der Waals surface area contributed by atoms with Gasteiger partial charge in [-0.15, -0.1) is 11.8 Å². The molecule has 0 spiro atoms. The van der Waals surface area contributed by atoms with Crippen molar-refractivity contribution in [2.45, 2.75) is 24.7 Å². The summed E-state index contributed by atoms with van der Waals surface area (Å²) in [6, 6.07) is 20.6. The van der Waals surface area contributed by atoms with E-state index in [1.165, 1.54) is 0 Å². The second-order valence-corrected chi connectivity index (χ2v) is 6.96. The SMILES string of the molecule is CCOC(=O)CCc1c(C#N)c(-c2ccccc2SC)cc2ccccc12. The van der Waals surface area contributed by atoms with Crippen LogP contribution in [0.3, 0.4) is 0 Å². The number of hydrogen-bond donors (Lipinski definition) is 0. The lowest BCUT2D eigenvalue weighted by atomic mass is 9.89. The van der Waals surface area contributed by atoms with Gasteiger partial charge in [-0.1, -0.05) is 42.5 Å². The Hall–Kier alpha value is -2.77. The Kier molecular flexibility index (Phi) is 6.16. The van der Waals surface area contributed by atoms with Crippen LogP contribution in [0.25, 0.3) is 21.9 Å². The molecule has 0 bridgehead atoms. The number of aryl methyl sites for hydroxylation is 1. The zero-order valence-corrected chi connectivity index (χ0v) is 16.3.